The number of aromatic amines is 1. The van der Waals surface area contributed by atoms with Gasteiger partial charge in [-0.3, -0.25) is 9.59 Å². The zero-order chi connectivity index (χ0) is 20.5. The third kappa shape index (κ3) is 4.18. The number of thioether (sulfide) groups is 1. The second-order valence-corrected chi connectivity index (χ2v) is 9.66. The quantitative estimate of drug-likeness (QED) is 0.215. The summed E-state index contributed by atoms with van der Waals surface area (Å²) in [4.78, 5) is 34.1. The topological polar surface area (TPSA) is 95.1 Å². The smallest absolute Gasteiger partial charge is 0.260 e. The minimum absolute atomic E-state index is 0.0763. The minimum atomic E-state index is -0.564. The van der Waals surface area contributed by atoms with Crippen molar-refractivity contribution in [2.45, 2.75) is 17.3 Å². The van der Waals surface area contributed by atoms with Crippen molar-refractivity contribution < 1.29 is 9.90 Å². The third-order valence-electron chi connectivity index (χ3n) is 4.08. The van der Waals surface area contributed by atoms with Crippen LogP contribution in [0.15, 0.2) is 51.0 Å². The molecule has 29 heavy (non-hydrogen) atoms. The van der Waals surface area contributed by atoms with Crippen LogP contribution in [0.2, 0.25) is 5.02 Å². The van der Waals surface area contributed by atoms with Gasteiger partial charge in [0, 0.05) is 20.8 Å². The van der Waals surface area contributed by atoms with Gasteiger partial charge >= 0.3 is 0 Å². The van der Waals surface area contributed by atoms with Crippen LogP contribution >= 0.6 is 46.0 Å². The molecule has 6 nitrogen and oxygen atoms in total. The lowest BCUT2D eigenvalue weighted by Gasteiger charge is -2.12. The first kappa shape index (κ1) is 20.0. The molecule has 148 valence electrons. The van der Waals surface area contributed by atoms with Gasteiger partial charge in [0.05, 0.1) is 16.3 Å². The number of carbonyl (C=O) groups excluding carboxylic acids is 1. The monoisotopic (exact) mass is 463 g/mol. The molecule has 4 aromatic rings. The molecule has 1 aromatic carbocycles. The highest BCUT2D eigenvalue weighted by Crippen LogP contribution is 2.34. The number of benzene rings is 1. The summed E-state index contributed by atoms with van der Waals surface area (Å²) in [6.07, 6.45) is 0. The van der Waals surface area contributed by atoms with E-state index in [0.717, 1.165) is 22.2 Å². The second kappa shape index (κ2) is 8.19. The Hall–Kier alpha value is -2.33. The van der Waals surface area contributed by atoms with E-state index in [1.807, 2.05) is 22.9 Å². The van der Waals surface area contributed by atoms with Gasteiger partial charge in [-0.25, -0.2) is 4.98 Å². The normalized spacial score (nSPS) is 12.2. The predicted octanol–water partition coefficient (Wildman–Crippen LogP) is 5.19. The van der Waals surface area contributed by atoms with Gasteiger partial charge in [-0.15, -0.1) is 22.7 Å². The summed E-state index contributed by atoms with van der Waals surface area (Å²) < 4.78 is 0. The van der Waals surface area contributed by atoms with E-state index in [9.17, 15) is 14.7 Å². The lowest BCUT2D eigenvalue weighted by molar-refractivity contribution is -0.115. The average molecular weight is 464 g/mol. The highest BCUT2D eigenvalue weighted by Gasteiger charge is 2.19. The molecule has 0 aliphatic rings. The molecule has 0 saturated carbocycles. The van der Waals surface area contributed by atoms with Crippen LogP contribution in [-0.2, 0) is 4.79 Å². The number of H-pyrrole nitrogens is 1. The van der Waals surface area contributed by atoms with E-state index in [-0.39, 0.29) is 22.9 Å². The van der Waals surface area contributed by atoms with Crippen molar-refractivity contribution >= 4 is 67.8 Å². The summed E-state index contributed by atoms with van der Waals surface area (Å²) >= 11 is 10.00. The summed E-state index contributed by atoms with van der Waals surface area (Å²) in [7, 11) is 0. The number of nitrogens with one attached hydrogen (secondary N) is 2. The lowest BCUT2D eigenvalue weighted by Crippen LogP contribution is -2.23. The molecule has 0 saturated heterocycles. The second-order valence-electron chi connectivity index (χ2n) is 6.09. The Morgan fingerprint density at radius 2 is 2.17 bits per heavy atom. The highest BCUT2D eigenvalue weighted by molar-refractivity contribution is 8.00. The highest BCUT2D eigenvalue weighted by atomic mass is 35.5. The lowest BCUT2D eigenvalue weighted by atomic mass is 10.2. The molecule has 1 unspecified atom stereocenters. The number of phenolic OH excluding ortho intramolecular Hbond substituents is 1. The molecule has 0 aliphatic carbocycles. The molecule has 1 atom stereocenters. The molecule has 0 radical (unpaired) electrons. The maximum Gasteiger partial charge on any atom is 0.260 e. The summed E-state index contributed by atoms with van der Waals surface area (Å²) in [5.74, 6) is -0.423. The Morgan fingerprint density at radius 3 is 2.93 bits per heavy atom. The van der Waals surface area contributed by atoms with Crippen LogP contribution in [0.1, 0.15) is 6.92 Å². The van der Waals surface area contributed by atoms with Gasteiger partial charge in [-0.2, -0.15) is 0 Å². The van der Waals surface area contributed by atoms with Crippen LogP contribution in [0.25, 0.3) is 20.7 Å². The van der Waals surface area contributed by atoms with Crippen molar-refractivity contribution in [1.82, 2.24) is 9.97 Å². The number of anilines is 1. The van der Waals surface area contributed by atoms with Crippen molar-refractivity contribution in [2.75, 3.05) is 5.32 Å². The van der Waals surface area contributed by atoms with Gasteiger partial charge in [0.25, 0.3) is 5.56 Å². The number of phenols is 1. The van der Waals surface area contributed by atoms with Crippen molar-refractivity contribution in [1.29, 1.82) is 0 Å². The Morgan fingerprint density at radius 1 is 1.34 bits per heavy atom. The van der Waals surface area contributed by atoms with E-state index in [4.69, 9.17) is 11.6 Å². The molecule has 3 aromatic heterocycles. The SMILES string of the molecule is CC(Sc1nc2scc(-c3cccs3)c2c(=O)[nH]1)C(=O)Nc1cc(Cl)ccc1O. The van der Waals surface area contributed by atoms with E-state index >= 15 is 0 Å². The van der Waals surface area contributed by atoms with Crippen LogP contribution in [0, 0.1) is 0 Å². The molecule has 0 aliphatic heterocycles. The standard InChI is InChI=1S/C19H14ClN3O3S3/c1-9(16(25)21-12-7-10(20)4-5-13(12)24)29-19-22-17(26)15-11(8-28-18(15)23-19)14-3-2-6-27-14/h2-9,24H,1H3,(H,21,25)(H,22,23,26). The molecular weight excluding hydrogens is 450 g/mol. The van der Waals surface area contributed by atoms with Gasteiger partial charge in [-0.05, 0) is 36.6 Å². The van der Waals surface area contributed by atoms with Crippen LogP contribution in [-0.4, -0.2) is 26.2 Å². The van der Waals surface area contributed by atoms with Crippen LogP contribution in [0.5, 0.6) is 5.75 Å². The maximum atomic E-state index is 12.7. The van der Waals surface area contributed by atoms with E-state index in [1.165, 1.54) is 29.5 Å². The third-order valence-corrected chi connectivity index (χ3v) is 7.08. The van der Waals surface area contributed by atoms with Crippen LogP contribution in [0.3, 0.4) is 0 Å². The molecule has 0 spiro atoms. The van der Waals surface area contributed by atoms with E-state index in [1.54, 1.807) is 18.3 Å². The van der Waals surface area contributed by atoms with Gasteiger partial charge < -0.3 is 15.4 Å². The Kier molecular flexibility index (Phi) is 5.64. The predicted molar refractivity (Wildman–Crippen MR) is 121 cm³/mol. The fourth-order valence-corrected chi connectivity index (χ4v) is 5.45. The van der Waals surface area contributed by atoms with Crippen molar-refractivity contribution in [3.05, 3.63) is 56.5 Å². The van der Waals surface area contributed by atoms with Crippen LogP contribution < -0.4 is 10.9 Å². The van der Waals surface area contributed by atoms with Crippen molar-refractivity contribution in [3.63, 3.8) is 0 Å². The van der Waals surface area contributed by atoms with Crippen molar-refractivity contribution in [2.24, 2.45) is 0 Å². The van der Waals surface area contributed by atoms with Crippen LogP contribution in [0.4, 0.5) is 5.69 Å². The molecule has 10 heteroatoms. The summed E-state index contributed by atoms with van der Waals surface area (Å²) in [5, 5.41) is 17.1. The average Bonchev–Trinajstić information content (AvgIpc) is 3.34. The molecule has 3 N–H and O–H groups in total. The number of hydrogen-bond donors (Lipinski definition) is 3. The van der Waals surface area contributed by atoms with E-state index < -0.39 is 5.25 Å². The summed E-state index contributed by atoms with van der Waals surface area (Å²) in [6.45, 7) is 1.69. The van der Waals surface area contributed by atoms with E-state index in [0.29, 0.717) is 20.4 Å². The molecule has 0 fully saturated rings. The van der Waals surface area contributed by atoms with Gasteiger partial charge in [0.15, 0.2) is 5.16 Å². The molecule has 1 amide bonds. The van der Waals surface area contributed by atoms with Gasteiger partial charge in [-0.1, -0.05) is 29.4 Å². The first-order chi connectivity index (χ1) is 13.9. The summed E-state index contributed by atoms with van der Waals surface area (Å²) in [6, 6.07) is 8.31. The Bertz CT molecular complexity index is 1250. The molecule has 4 rings (SSSR count). The number of amides is 1. The molecule has 0 bridgehead atoms. The van der Waals surface area contributed by atoms with Gasteiger partial charge in [0.1, 0.15) is 10.6 Å². The number of thiophene rings is 2. The fourth-order valence-electron chi connectivity index (χ4n) is 2.66. The first-order valence-corrected chi connectivity index (χ1v) is 11.5. The number of halogens is 1. The Labute approximate surface area is 182 Å². The number of hydrogen-bond acceptors (Lipinski definition) is 7. The Balaban J connectivity index is 1.55. The molecular formula is C19H14ClN3O3S3. The fraction of sp³-hybridized carbons (Fsp3) is 0.105. The molecule has 3 heterocycles. The van der Waals surface area contributed by atoms with Gasteiger partial charge in [0.2, 0.25) is 5.91 Å². The zero-order valence-corrected chi connectivity index (χ0v) is 18.1. The largest absolute Gasteiger partial charge is 0.506 e. The number of nitrogens with zero attached hydrogens (tertiary/aromatic N) is 1. The number of carbonyl (C=O) groups is 1. The van der Waals surface area contributed by atoms with Crippen molar-refractivity contribution in [3.8, 4) is 16.2 Å². The summed E-state index contributed by atoms with van der Waals surface area (Å²) in [5.41, 5.74) is 0.862. The number of fused-ring (bicyclic) bond motifs is 1. The zero-order valence-electron chi connectivity index (χ0n) is 14.9. The van der Waals surface area contributed by atoms with E-state index in [2.05, 4.69) is 15.3 Å². The number of aromatic hydroxyl groups is 1. The number of aromatic nitrogens is 2. The maximum absolute atomic E-state index is 12.7. The first-order valence-electron chi connectivity index (χ1n) is 8.44. The number of rotatable bonds is 5. The minimum Gasteiger partial charge on any atom is -0.506 e.